The lowest BCUT2D eigenvalue weighted by molar-refractivity contribution is 0.00350. The van der Waals surface area contributed by atoms with Crippen LogP contribution in [0.15, 0.2) is 18.2 Å². The quantitative estimate of drug-likeness (QED) is 0.846. The van der Waals surface area contributed by atoms with Gasteiger partial charge in [-0.15, -0.1) is 5.10 Å². The van der Waals surface area contributed by atoms with Crippen LogP contribution in [0.3, 0.4) is 0 Å². The molecule has 2 unspecified atom stereocenters. The van der Waals surface area contributed by atoms with Gasteiger partial charge in [-0.3, -0.25) is 0 Å². The summed E-state index contributed by atoms with van der Waals surface area (Å²) in [4.78, 5) is 0. The molecule has 0 aliphatic carbocycles. The van der Waals surface area contributed by atoms with Crippen molar-refractivity contribution in [2.45, 2.75) is 38.8 Å². The van der Waals surface area contributed by atoms with Crippen LogP contribution in [0.4, 0.5) is 5.69 Å². The number of aromatic nitrogens is 4. The van der Waals surface area contributed by atoms with E-state index in [0.29, 0.717) is 0 Å². The fourth-order valence-electron chi connectivity index (χ4n) is 2.71. The minimum atomic E-state index is 0.243. The molecular weight excluding hydrogens is 254 g/mol. The Hall–Kier alpha value is -1.95. The molecule has 2 atom stereocenters. The molecule has 0 spiro atoms. The summed E-state index contributed by atoms with van der Waals surface area (Å²) in [5.74, 6) is 0.786. The Morgan fingerprint density at radius 3 is 3.05 bits per heavy atom. The summed E-state index contributed by atoms with van der Waals surface area (Å²) in [6, 6.07) is 6.12. The number of nitrogens with zero attached hydrogens (tertiary/aromatic N) is 4. The van der Waals surface area contributed by atoms with Gasteiger partial charge in [0.15, 0.2) is 5.82 Å². The molecule has 6 nitrogen and oxygen atoms in total. The molecule has 2 heterocycles. The summed E-state index contributed by atoms with van der Waals surface area (Å²) in [6.45, 7) is 4.83. The first kappa shape index (κ1) is 13.1. The molecule has 106 valence electrons. The third-order valence-electron chi connectivity index (χ3n) is 3.91. The molecule has 1 aliphatic heterocycles. The molecule has 2 aromatic rings. The second-order valence-electron chi connectivity index (χ2n) is 5.33. The van der Waals surface area contributed by atoms with E-state index >= 15 is 0 Å². The van der Waals surface area contributed by atoms with Crippen LogP contribution in [0.2, 0.25) is 0 Å². The maximum atomic E-state index is 5.98. The summed E-state index contributed by atoms with van der Waals surface area (Å²) in [6.07, 6.45) is 2.11. The summed E-state index contributed by atoms with van der Waals surface area (Å²) in [7, 11) is 0. The maximum Gasteiger partial charge on any atom is 0.182 e. The standard InChI is InChI=1S/C14H19N5O/c1-9-8-11(6-7-20-9)19-14(16-17-18-19)12-4-3-5-13(15)10(12)2/h3-5,9,11H,6-8,15H2,1-2H3. The third kappa shape index (κ3) is 2.27. The Kier molecular flexibility index (Phi) is 3.40. The van der Waals surface area contributed by atoms with Gasteiger partial charge in [0.25, 0.3) is 0 Å². The molecule has 20 heavy (non-hydrogen) atoms. The third-order valence-corrected chi connectivity index (χ3v) is 3.91. The summed E-state index contributed by atoms with van der Waals surface area (Å²) < 4.78 is 7.51. The number of benzene rings is 1. The van der Waals surface area contributed by atoms with Gasteiger partial charge in [0, 0.05) is 17.9 Å². The highest BCUT2D eigenvalue weighted by molar-refractivity contribution is 5.67. The number of nitrogen functional groups attached to an aromatic ring is 1. The summed E-state index contributed by atoms with van der Waals surface area (Å²) in [5.41, 5.74) is 8.75. The normalized spacial score (nSPS) is 22.9. The number of ether oxygens (including phenoxy) is 1. The molecule has 6 heteroatoms. The molecule has 1 saturated heterocycles. The Balaban J connectivity index is 1.99. The van der Waals surface area contributed by atoms with E-state index in [1.54, 1.807) is 0 Å². The van der Waals surface area contributed by atoms with Gasteiger partial charge < -0.3 is 10.5 Å². The Morgan fingerprint density at radius 1 is 1.40 bits per heavy atom. The van der Waals surface area contributed by atoms with Crippen LogP contribution in [-0.2, 0) is 4.74 Å². The fourth-order valence-corrected chi connectivity index (χ4v) is 2.71. The SMILES string of the molecule is Cc1c(N)cccc1-c1nnnn1C1CCOC(C)C1. The first-order valence-corrected chi connectivity index (χ1v) is 6.91. The van der Waals surface area contributed by atoms with Crippen molar-refractivity contribution < 1.29 is 4.74 Å². The smallest absolute Gasteiger partial charge is 0.182 e. The molecule has 0 radical (unpaired) electrons. The van der Waals surface area contributed by atoms with Crippen LogP contribution < -0.4 is 5.73 Å². The first-order valence-electron chi connectivity index (χ1n) is 6.91. The second kappa shape index (κ2) is 5.20. The Bertz CT molecular complexity index is 609. The molecule has 1 fully saturated rings. The second-order valence-corrected chi connectivity index (χ2v) is 5.33. The van der Waals surface area contributed by atoms with Crippen molar-refractivity contribution in [1.82, 2.24) is 20.2 Å². The highest BCUT2D eigenvalue weighted by Gasteiger charge is 2.25. The maximum absolute atomic E-state index is 5.98. The molecule has 0 amide bonds. The van der Waals surface area contributed by atoms with Gasteiger partial charge >= 0.3 is 0 Å². The van der Waals surface area contributed by atoms with Crippen LogP contribution in [0.5, 0.6) is 0 Å². The van der Waals surface area contributed by atoms with Crippen molar-refractivity contribution in [3.8, 4) is 11.4 Å². The minimum Gasteiger partial charge on any atom is -0.398 e. The largest absolute Gasteiger partial charge is 0.398 e. The predicted octanol–water partition coefficient (Wildman–Crippen LogP) is 1.97. The van der Waals surface area contributed by atoms with E-state index in [2.05, 4.69) is 22.4 Å². The van der Waals surface area contributed by atoms with Crippen LogP contribution in [0, 0.1) is 6.92 Å². The molecule has 0 bridgehead atoms. The highest BCUT2D eigenvalue weighted by Crippen LogP contribution is 2.30. The lowest BCUT2D eigenvalue weighted by atomic mass is 10.0. The van der Waals surface area contributed by atoms with Crippen molar-refractivity contribution in [3.05, 3.63) is 23.8 Å². The van der Waals surface area contributed by atoms with Gasteiger partial charge in [0.05, 0.1) is 12.1 Å². The zero-order chi connectivity index (χ0) is 14.1. The minimum absolute atomic E-state index is 0.243. The molecule has 0 saturated carbocycles. The van der Waals surface area contributed by atoms with E-state index < -0.39 is 0 Å². The summed E-state index contributed by atoms with van der Waals surface area (Å²) >= 11 is 0. The molecule has 1 aromatic heterocycles. The fraction of sp³-hybridized carbons (Fsp3) is 0.500. The number of nitrogens with two attached hydrogens (primary N) is 1. The van der Waals surface area contributed by atoms with Crippen LogP contribution >= 0.6 is 0 Å². The van der Waals surface area contributed by atoms with Gasteiger partial charge in [-0.25, -0.2) is 4.68 Å². The number of rotatable bonds is 2. The molecule has 3 rings (SSSR count). The molecule has 1 aromatic carbocycles. The van der Waals surface area contributed by atoms with Crippen molar-refractivity contribution in [3.63, 3.8) is 0 Å². The lowest BCUT2D eigenvalue weighted by Crippen LogP contribution is -2.26. The van der Waals surface area contributed by atoms with Gasteiger partial charge in [-0.05, 0) is 48.7 Å². The van der Waals surface area contributed by atoms with Crippen molar-refractivity contribution >= 4 is 5.69 Å². The van der Waals surface area contributed by atoms with Crippen molar-refractivity contribution in [1.29, 1.82) is 0 Å². The van der Waals surface area contributed by atoms with Crippen LogP contribution in [-0.4, -0.2) is 32.9 Å². The Labute approximate surface area is 117 Å². The zero-order valence-electron chi connectivity index (χ0n) is 11.8. The predicted molar refractivity (Wildman–Crippen MR) is 76.1 cm³/mol. The monoisotopic (exact) mass is 273 g/mol. The van der Waals surface area contributed by atoms with E-state index in [1.165, 1.54) is 0 Å². The number of anilines is 1. The number of hydrogen-bond donors (Lipinski definition) is 1. The lowest BCUT2D eigenvalue weighted by Gasteiger charge is -2.27. The van der Waals surface area contributed by atoms with Crippen molar-refractivity contribution in [2.75, 3.05) is 12.3 Å². The first-order chi connectivity index (χ1) is 9.66. The van der Waals surface area contributed by atoms with Gasteiger partial charge in [0.1, 0.15) is 0 Å². The van der Waals surface area contributed by atoms with E-state index in [1.807, 2.05) is 29.8 Å². The van der Waals surface area contributed by atoms with Gasteiger partial charge in [0.2, 0.25) is 0 Å². The van der Waals surface area contributed by atoms with E-state index in [4.69, 9.17) is 10.5 Å². The molecule has 2 N–H and O–H groups in total. The molecular formula is C14H19N5O. The van der Waals surface area contributed by atoms with E-state index in [0.717, 1.165) is 42.1 Å². The van der Waals surface area contributed by atoms with E-state index in [-0.39, 0.29) is 12.1 Å². The zero-order valence-corrected chi connectivity index (χ0v) is 11.8. The van der Waals surface area contributed by atoms with Gasteiger partial charge in [-0.2, -0.15) is 0 Å². The van der Waals surface area contributed by atoms with Crippen LogP contribution in [0.25, 0.3) is 11.4 Å². The number of tetrazole rings is 1. The topological polar surface area (TPSA) is 78.9 Å². The van der Waals surface area contributed by atoms with E-state index in [9.17, 15) is 0 Å². The van der Waals surface area contributed by atoms with Crippen LogP contribution in [0.1, 0.15) is 31.4 Å². The number of hydrogen-bond acceptors (Lipinski definition) is 5. The summed E-state index contributed by atoms with van der Waals surface area (Å²) in [5, 5.41) is 12.2. The Morgan fingerprint density at radius 2 is 2.25 bits per heavy atom. The average molecular weight is 273 g/mol. The average Bonchev–Trinajstić information content (AvgIpc) is 2.91. The van der Waals surface area contributed by atoms with Crippen molar-refractivity contribution in [2.24, 2.45) is 0 Å². The highest BCUT2D eigenvalue weighted by atomic mass is 16.5. The molecule has 1 aliphatic rings. The van der Waals surface area contributed by atoms with Gasteiger partial charge in [-0.1, -0.05) is 12.1 Å².